The van der Waals surface area contributed by atoms with Crippen LogP contribution in [-0.4, -0.2) is 17.5 Å². The second kappa shape index (κ2) is 4.46. The summed E-state index contributed by atoms with van der Waals surface area (Å²) >= 11 is 0. The van der Waals surface area contributed by atoms with Crippen molar-refractivity contribution in [1.29, 1.82) is 0 Å². The molecule has 0 aromatic heterocycles. The van der Waals surface area contributed by atoms with Gasteiger partial charge in [-0.3, -0.25) is 4.90 Å². The van der Waals surface area contributed by atoms with Crippen molar-refractivity contribution < 1.29 is 0 Å². The molecule has 2 N–H and O–H groups in total. The van der Waals surface area contributed by atoms with Gasteiger partial charge in [-0.25, -0.2) is 0 Å². The molecule has 0 bridgehead atoms. The number of likely N-dealkylation sites (tertiary alicyclic amines) is 1. The summed E-state index contributed by atoms with van der Waals surface area (Å²) in [4.78, 5) is 2.54. The highest BCUT2D eigenvalue weighted by Gasteiger charge is 2.26. The van der Waals surface area contributed by atoms with Crippen LogP contribution in [0.1, 0.15) is 31.4 Å². The molecule has 2 unspecified atom stereocenters. The number of nitrogens with zero attached hydrogens (tertiary/aromatic N) is 1. The van der Waals surface area contributed by atoms with E-state index in [2.05, 4.69) is 37.8 Å². The van der Waals surface area contributed by atoms with Gasteiger partial charge in [-0.15, -0.1) is 0 Å². The molecule has 0 radical (unpaired) electrons. The zero-order valence-corrected chi connectivity index (χ0v) is 10.5. The van der Waals surface area contributed by atoms with E-state index in [1.54, 1.807) is 0 Å². The first kappa shape index (κ1) is 11.5. The minimum Gasteiger partial charge on any atom is -0.398 e. The number of hydrogen-bond acceptors (Lipinski definition) is 2. The SMILES string of the molecule is Cc1ccc(N)c(CN2CC(C)CC2C)c1. The molecule has 16 heavy (non-hydrogen) atoms. The number of nitrogens with two attached hydrogens (primary N) is 1. The number of hydrogen-bond donors (Lipinski definition) is 1. The number of benzene rings is 1. The van der Waals surface area contributed by atoms with Gasteiger partial charge in [0, 0.05) is 24.8 Å². The number of rotatable bonds is 2. The fraction of sp³-hybridized carbons (Fsp3) is 0.571. The molecule has 1 heterocycles. The van der Waals surface area contributed by atoms with E-state index in [9.17, 15) is 0 Å². The Bertz CT molecular complexity index is 373. The van der Waals surface area contributed by atoms with Crippen molar-refractivity contribution in [2.24, 2.45) is 5.92 Å². The third-order valence-electron chi connectivity index (χ3n) is 3.58. The van der Waals surface area contributed by atoms with E-state index in [0.29, 0.717) is 6.04 Å². The monoisotopic (exact) mass is 218 g/mol. The predicted octanol–water partition coefficient (Wildman–Crippen LogP) is 2.81. The summed E-state index contributed by atoms with van der Waals surface area (Å²) in [5.74, 6) is 0.820. The van der Waals surface area contributed by atoms with Crippen LogP contribution < -0.4 is 5.73 Å². The normalized spacial score (nSPS) is 26.2. The molecule has 1 aliphatic heterocycles. The van der Waals surface area contributed by atoms with Crippen molar-refractivity contribution in [2.45, 2.75) is 39.8 Å². The van der Waals surface area contributed by atoms with Gasteiger partial charge in [0.2, 0.25) is 0 Å². The summed E-state index contributed by atoms with van der Waals surface area (Å²) in [6.45, 7) is 8.97. The van der Waals surface area contributed by atoms with Crippen LogP contribution in [-0.2, 0) is 6.54 Å². The van der Waals surface area contributed by atoms with Gasteiger partial charge < -0.3 is 5.73 Å². The zero-order chi connectivity index (χ0) is 11.7. The summed E-state index contributed by atoms with van der Waals surface area (Å²) in [6.07, 6.45) is 1.31. The molecule has 0 aliphatic carbocycles. The molecule has 2 heteroatoms. The van der Waals surface area contributed by atoms with Crippen molar-refractivity contribution in [3.63, 3.8) is 0 Å². The molecular formula is C14H22N2. The second-order valence-electron chi connectivity index (χ2n) is 5.32. The van der Waals surface area contributed by atoms with Crippen LogP contribution in [0, 0.1) is 12.8 Å². The highest BCUT2D eigenvalue weighted by Crippen LogP contribution is 2.26. The predicted molar refractivity (Wildman–Crippen MR) is 69.2 cm³/mol. The van der Waals surface area contributed by atoms with Crippen LogP contribution in [0.2, 0.25) is 0 Å². The van der Waals surface area contributed by atoms with Crippen LogP contribution in [0.5, 0.6) is 0 Å². The fourth-order valence-corrected chi connectivity index (χ4v) is 2.70. The van der Waals surface area contributed by atoms with Crippen LogP contribution >= 0.6 is 0 Å². The summed E-state index contributed by atoms with van der Waals surface area (Å²) in [5.41, 5.74) is 9.52. The third kappa shape index (κ3) is 2.38. The molecule has 1 fully saturated rings. The standard InChI is InChI=1S/C14H22N2/c1-10-4-5-14(15)13(7-10)9-16-8-11(2)6-12(16)3/h4-5,7,11-12H,6,8-9,15H2,1-3H3. The van der Waals surface area contributed by atoms with Crippen molar-refractivity contribution >= 4 is 5.69 Å². The molecule has 0 spiro atoms. The molecule has 1 aromatic rings. The lowest BCUT2D eigenvalue weighted by Crippen LogP contribution is -2.27. The van der Waals surface area contributed by atoms with Crippen LogP contribution in [0.3, 0.4) is 0 Å². The van der Waals surface area contributed by atoms with Crippen molar-refractivity contribution in [3.8, 4) is 0 Å². The molecule has 1 aromatic carbocycles. The lowest BCUT2D eigenvalue weighted by molar-refractivity contribution is 0.257. The number of anilines is 1. The molecule has 0 saturated carbocycles. The van der Waals surface area contributed by atoms with E-state index in [1.807, 2.05) is 6.07 Å². The maximum Gasteiger partial charge on any atom is 0.0359 e. The summed E-state index contributed by atoms with van der Waals surface area (Å²) in [6, 6.07) is 7.00. The van der Waals surface area contributed by atoms with Crippen LogP contribution in [0.25, 0.3) is 0 Å². The number of aryl methyl sites for hydroxylation is 1. The van der Waals surface area contributed by atoms with Gasteiger partial charge in [-0.2, -0.15) is 0 Å². The first-order chi connectivity index (χ1) is 7.56. The van der Waals surface area contributed by atoms with E-state index in [-0.39, 0.29) is 0 Å². The maximum atomic E-state index is 6.02. The first-order valence-corrected chi connectivity index (χ1v) is 6.15. The van der Waals surface area contributed by atoms with E-state index in [1.165, 1.54) is 24.1 Å². The smallest absolute Gasteiger partial charge is 0.0359 e. The lowest BCUT2D eigenvalue weighted by atomic mass is 10.1. The van der Waals surface area contributed by atoms with Gasteiger partial charge in [-0.05, 0) is 37.8 Å². The Kier molecular flexibility index (Phi) is 3.20. The molecule has 1 saturated heterocycles. The Hall–Kier alpha value is -1.02. The lowest BCUT2D eigenvalue weighted by Gasteiger charge is -2.22. The Labute approximate surface area is 98.4 Å². The molecule has 2 rings (SSSR count). The minimum absolute atomic E-state index is 0.690. The molecule has 0 amide bonds. The molecular weight excluding hydrogens is 196 g/mol. The summed E-state index contributed by atoms with van der Waals surface area (Å²) in [5, 5.41) is 0. The van der Waals surface area contributed by atoms with Gasteiger partial charge >= 0.3 is 0 Å². The van der Waals surface area contributed by atoms with E-state index in [0.717, 1.165) is 18.2 Å². The highest BCUT2D eigenvalue weighted by atomic mass is 15.2. The highest BCUT2D eigenvalue weighted by molar-refractivity contribution is 5.48. The van der Waals surface area contributed by atoms with Gasteiger partial charge in [0.05, 0.1) is 0 Å². The Morgan fingerprint density at radius 1 is 1.38 bits per heavy atom. The van der Waals surface area contributed by atoms with E-state index in [4.69, 9.17) is 5.73 Å². The van der Waals surface area contributed by atoms with Gasteiger partial charge in [-0.1, -0.05) is 24.6 Å². The quantitative estimate of drug-likeness (QED) is 0.773. The second-order valence-corrected chi connectivity index (χ2v) is 5.32. The van der Waals surface area contributed by atoms with Crippen LogP contribution in [0.15, 0.2) is 18.2 Å². The molecule has 2 nitrogen and oxygen atoms in total. The van der Waals surface area contributed by atoms with Crippen molar-refractivity contribution in [1.82, 2.24) is 4.90 Å². The van der Waals surface area contributed by atoms with Crippen molar-refractivity contribution in [2.75, 3.05) is 12.3 Å². The Morgan fingerprint density at radius 3 is 2.75 bits per heavy atom. The zero-order valence-electron chi connectivity index (χ0n) is 10.5. The Morgan fingerprint density at radius 2 is 2.12 bits per heavy atom. The minimum atomic E-state index is 0.690. The largest absolute Gasteiger partial charge is 0.398 e. The van der Waals surface area contributed by atoms with Gasteiger partial charge in [0.25, 0.3) is 0 Å². The third-order valence-corrected chi connectivity index (χ3v) is 3.58. The van der Waals surface area contributed by atoms with E-state index >= 15 is 0 Å². The molecule has 1 aliphatic rings. The Balaban J connectivity index is 2.11. The molecule has 2 atom stereocenters. The maximum absolute atomic E-state index is 6.02. The summed E-state index contributed by atoms with van der Waals surface area (Å²) < 4.78 is 0. The summed E-state index contributed by atoms with van der Waals surface area (Å²) in [7, 11) is 0. The fourth-order valence-electron chi connectivity index (χ4n) is 2.70. The van der Waals surface area contributed by atoms with Gasteiger partial charge in [0.15, 0.2) is 0 Å². The first-order valence-electron chi connectivity index (χ1n) is 6.15. The average molecular weight is 218 g/mol. The van der Waals surface area contributed by atoms with Gasteiger partial charge in [0.1, 0.15) is 0 Å². The van der Waals surface area contributed by atoms with Crippen LogP contribution in [0.4, 0.5) is 5.69 Å². The average Bonchev–Trinajstić information content (AvgIpc) is 2.51. The van der Waals surface area contributed by atoms with E-state index < -0.39 is 0 Å². The van der Waals surface area contributed by atoms with Crippen molar-refractivity contribution in [3.05, 3.63) is 29.3 Å². The topological polar surface area (TPSA) is 29.3 Å². The molecule has 88 valence electrons. The number of nitrogen functional groups attached to an aromatic ring is 1.